The van der Waals surface area contributed by atoms with Crippen LogP contribution in [0.4, 0.5) is 10.1 Å². The summed E-state index contributed by atoms with van der Waals surface area (Å²) in [6, 6.07) is 4.16. The number of carbonyl (C=O) groups is 2. The lowest BCUT2D eigenvalue weighted by molar-refractivity contribution is 0.0576. The van der Waals surface area contributed by atoms with Gasteiger partial charge >= 0.3 is 0 Å². The molecule has 10 nitrogen and oxygen atoms in total. The van der Waals surface area contributed by atoms with Crippen LogP contribution in [0.1, 0.15) is 38.7 Å². The Hall–Kier alpha value is -3.51. The van der Waals surface area contributed by atoms with Crippen molar-refractivity contribution in [1.82, 2.24) is 19.2 Å². The van der Waals surface area contributed by atoms with E-state index in [0.29, 0.717) is 41.4 Å². The van der Waals surface area contributed by atoms with Crippen LogP contribution in [0.3, 0.4) is 0 Å². The predicted octanol–water partition coefficient (Wildman–Crippen LogP) is 2.56. The summed E-state index contributed by atoms with van der Waals surface area (Å²) in [5.74, 6) is -0.554. The van der Waals surface area contributed by atoms with E-state index in [1.54, 1.807) is 36.6 Å². The van der Waals surface area contributed by atoms with E-state index in [9.17, 15) is 18.2 Å². The number of fused-ring (bicyclic) bond motifs is 2. The number of nitrogens with zero attached hydrogens (tertiary/aromatic N) is 3. The number of carbonyl (C=O) groups excluding carboxylic acids is 2. The van der Waals surface area contributed by atoms with Gasteiger partial charge in [0, 0.05) is 44.0 Å². The number of likely N-dealkylation sites (tertiary alicyclic amines) is 1. The van der Waals surface area contributed by atoms with E-state index in [1.165, 1.54) is 24.6 Å². The number of oxazole rings is 1. The highest BCUT2D eigenvalue weighted by atomic mass is 32.2. The molecule has 4 heterocycles. The summed E-state index contributed by atoms with van der Waals surface area (Å²) in [5, 5.41) is 2.76. The molecule has 0 saturated carbocycles. The fourth-order valence-electron chi connectivity index (χ4n) is 4.62. The third-order valence-electron chi connectivity index (χ3n) is 6.60. The van der Waals surface area contributed by atoms with Crippen molar-refractivity contribution >= 4 is 28.5 Å². The molecule has 1 aromatic carbocycles. The molecule has 2 aliphatic rings. The summed E-state index contributed by atoms with van der Waals surface area (Å²) in [5.41, 5.74) is 1.31. The molecule has 2 aliphatic heterocycles. The van der Waals surface area contributed by atoms with Crippen LogP contribution in [0.2, 0.25) is 0 Å². The molecule has 2 amide bonds. The number of halogens is 1. The van der Waals surface area contributed by atoms with Gasteiger partial charge in [0.2, 0.25) is 0 Å². The van der Waals surface area contributed by atoms with Crippen molar-refractivity contribution in [3.63, 3.8) is 0 Å². The van der Waals surface area contributed by atoms with Crippen LogP contribution in [-0.2, 0) is 18.0 Å². The lowest BCUT2D eigenvalue weighted by atomic mass is 9.93. The molecule has 0 spiro atoms. The minimum atomic E-state index is -1.63. The van der Waals surface area contributed by atoms with E-state index in [0.717, 1.165) is 0 Å². The third kappa shape index (κ3) is 4.42. The summed E-state index contributed by atoms with van der Waals surface area (Å²) in [6.45, 7) is 4.36. The van der Waals surface area contributed by atoms with Crippen molar-refractivity contribution in [2.45, 2.75) is 31.2 Å². The predicted molar refractivity (Wildman–Crippen MR) is 129 cm³/mol. The average molecular weight is 516 g/mol. The van der Waals surface area contributed by atoms with E-state index in [4.69, 9.17) is 9.15 Å². The summed E-state index contributed by atoms with van der Waals surface area (Å²) in [6.07, 6.45) is 3.44. The molecule has 1 saturated heterocycles. The highest BCUT2D eigenvalue weighted by molar-refractivity contribution is 7.83. The maximum Gasteiger partial charge on any atom is 0.276 e. The van der Waals surface area contributed by atoms with Crippen LogP contribution in [0.15, 0.2) is 40.1 Å². The second-order valence-electron chi connectivity index (χ2n) is 9.06. The van der Waals surface area contributed by atoms with Crippen molar-refractivity contribution in [3.05, 3.63) is 59.3 Å². The van der Waals surface area contributed by atoms with Crippen LogP contribution in [0.25, 0.3) is 0 Å². The van der Waals surface area contributed by atoms with Gasteiger partial charge in [-0.25, -0.2) is 18.3 Å². The molecular weight excluding hydrogens is 489 g/mol. The van der Waals surface area contributed by atoms with Gasteiger partial charge in [0.1, 0.15) is 27.5 Å². The first kappa shape index (κ1) is 24.2. The second-order valence-corrected chi connectivity index (χ2v) is 10.3. The zero-order valence-electron chi connectivity index (χ0n) is 20.0. The third-order valence-corrected chi connectivity index (χ3v) is 7.81. The molecule has 2 N–H and O–H groups in total. The number of piperidine rings is 1. The number of nitrogens with one attached hydrogen (secondary N) is 2. The number of amides is 2. The Morgan fingerprint density at radius 1 is 1.31 bits per heavy atom. The van der Waals surface area contributed by atoms with Gasteiger partial charge in [-0.2, -0.15) is 0 Å². The molecule has 0 bridgehead atoms. The maximum absolute atomic E-state index is 13.6. The van der Waals surface area contributed by atoms with Gasteiger partial charge in [0.05, 0.1) is 6.61 Å². The highest BCUT2D eigenvalue weighted by Crippen LogP contribution is 2.33. The number of benzene rings is 1. The van der Waals surface area contributed by atoms with Gasteiger partial charge in [-0.1, -0.05) is 0 Å². The zero-order chi connectivity index (χ0) is 25.6. The van der Waals surface area contributed by atoms with Crippen molar-refractivity contribution in [2.24, 2.45) is 13.0 Å². The molecular formula is C24H26FN5O5S. The first-order valence-corrected chi connectivity index (χ1v) is 12.6. The average Bonchev–Trinajstić information content (AvgIpc) is 3.41. The number of hydrogen-bond acceptors (Lipinski definition) is 6. The van der Waals surface area contributed by atoms with E-state index >= 15 is 0 Å². The van der Waals surface area contributed by atoms with Crippen molar-refractivity contribution in [1.29, 1.82) is 0 Å². The molecule has 12 heteroatoms. The Kier molecular flexibility index (Phi) is 6.39. The molecule has 0 aliphatic carbocycles. The summed E-state index contributed by atoms with van der Waals surface area (Å²) in [4.78, 5) is 32.2. The molecule has 1 fully saturated rings. The van der Waals surface area contributed by atoms with E-state index < -0.39 is 16.9 Å². The van der Waals surface area contributed by atoms with E-state index in [-0.39, 0.29) is 47.4 Å². The van der Waals surface area contributed by atoms with Crippen LogP contribution in [0, 0.1) is 25.6 Å². The van der Waals surface area contributed by atoms with Crippen molar-refractivity contribution < 1.29 is 27.3 Å². The van der Waals surface area contributed by atoms with Gasteiger partial charge in [-0.3, -0.25) is 9.59 Å². The minimum Gasteiger partial charge on any atom is -0.489 e. The van der Waals surface area contributed by atoms with Gasteiger partial charge < -0.3 is 23.9 Å². The molecule has 36 heavy (non-hydrogen) atoms. The fourth-order valence-corrected chi connectivity index (χ4v) is 5.91. The number of rotatable bonds is 3. The molecule has 3 unspecified atom stereocenters. The summed E-state index contributed by atoms with van der Waals surface area (Å²) in [7, 11) is 0.0381. The van der Waals surface area contributed by atoms with Crippen molar-refractivity contribution in [3.8, 4) is 5.75 Å². The first-order valence-electron chi connectivity index (χ1n) is 11.5. The molecule has 2 aromatic heterocycles. The van der Waals surface area contributed by atoms with Gasteiger partial charge in [-0.15, -0.1) is 0 Å². The van der Waals surface area contributed by atoms with Crippen LogP contribution in [-0.4, -0.2) is 56.2 Å². The van der Waals surface area contributed by atoms with Crippen LogP contribution >= 0.6 is 0 Å². The lowest BCUT2D eigenvalue weighted by Gasteiger charge is -2.39. The molecule has 3 aromatic rings. The van der Waals surface area contributed by atoms with Crippen molar-refractivity contribution in [2.75, 3.05) is 25.0 Å². The Morgan fingerprint density at radius 2 is 2.11 bits per heavy atom. The number of anilines is 1. The molecule has 3 atom stereocenters. The highest BCUT2D eigenvalue weighted by Gasteiger charge is 2.38. The lowest BCUT2D eigenvalue weighted by Crippen LogP contribution is -2.53. The molecule has 5 rings (SSSR count). The maximum atomic E-state index is 13.6. The number of aryl methyl sites for hydroxylation is 3. The normalized spacial score (nSPS) is 21.6. The van der Waals surface area contributed by atoms with Gasteiger partial charge in [0.25, 0.3) is 11.8 Å². The Morgan fingerprint density at radius 3 is 2.83 bits per heavy atom. The topological polar surface area (TPSA) is 119 Å². The quantitative estimate of drug-likeness (QED) is 0.554. The monoisotopic (exact) mass is 515 g/mol. The van der Waals surface area contributed by atoms with Gasteiger partial charge in [-0.05, 0) is 44.0 Å². The standard InChI is InChI=1S/C24H26FN5O5S/c1-13-8-16(4-5-17(13)25)27-23(31)21-22-19(10-29(21)3)36(33)28-18-6-7-30(9-15(18)11-34-22)24(32)20-14(2)35-12-26-20/h4-5,8,10,12,15,18,28H,6-7,9,11H2,1-3H3,(H,27,31). The van der Waals surface area contributed by atoms with Crippen LogP contribution < -0.4 is 14.8 Å². The summed E-state index contributed by atoms with van der Waals surface area (Å²) < 4.78 is 42.9. The Bertz CT molecular complexity index is 1370. The Balaban J connectivity index is 1.37. The van der Waals surface area contributed by atoms with Crippen LogP contribution in [0.5, 0.6) is 5.75 Å². The molecule has 0 radical (unpaired) electrons. The largest absolute Gasteiger partial charge is 0.489 e. The van der Waals surface area contributed by atoms with E-state index in [2.05, 4.69) is 15.0 Å². The molecule has 190 valence electrons. The number of ether oxygens (including phenoxy) is 1. The summed E-state index contributed by atoms with van der Waals surface area (Å²) >= 11 is 0. The number of hydrogen-bond donors (Lipinski definition) is 2. The van der Waals surface area contributed by atoms with E-state index in [1.807, 2.05) is 0 Å². The van der Waals surface area contributed by atoms with Gasteiger partial charge in [0.15, 0.2) is 23.5 Å². The SMILES string of the molecule is Cc1cc(NC(=O)c2c3c(cn2C)S(=O)NC2CCN(C(=O)c4ncoc4C)CC2CO3)ccc1F. The second kappa shape index (κ2) is 9.51. The smallest absolute Gasteiger partial charge is 0.276 e. The first-order chi connectivity index (χ1) is 17.2. The number of aromatic nitrogens is 2. The fraction of sp³-hybridized carbons (Fsp3) is 0.375. The minimum absolute atomic E-state index is 0.138. The zero-order valence-corrected chi connectivity index (χ0v) is 20.9. The Labute approximate surface area is 209 Å².